The number of halogens is 1. The molecule has 0 amide bonds. The molecule has 0 saturated carbocycles. The summed E-state index contributed by atoms with van der Waals surface area (Å²) < 4.78 is 6.04. The van der Waals surface area contributed by atoms with Gasteiger partial charge in [0.15, 0.2) is 6.10 Å². The Morgan fingerprint density at radius 3 is 2.34 bits per heavy atom. The van der Waals surface area contributed by atoms with Crippen molar-refractivity contribution in [2.45, 2.75) is 39.4 Å². The Morgan fingerprint density at radius 1 is 1.06 bits per heavy atom. The van der Waals surface area contributed by atoms with E-state index >= 15 is 0 Å². The molecular weight excluding hydrogens is 424 g/mol. The lowest BCUT2D eigenvalue weighted by atomic mass is 9.86. The number of hydrogen-bond acceptors (Lipinski definition) is 3. The van der Waals surface area contributed by atoms with Crippen molar-refractivity contribution in [3.63, 3.8) is 0 Å². The third kappa shape index (κ3) is 4.40. The van der Waals surface area contributed by atoms with E-state index in [-0.39, 0.29) is 0 Å². The van der Waals surface area contributed by atoms with Gasteiger partial charge in [-0.15, -0.1) is 0 Å². The van der Waals surface area contributed by atoms with E-state index < -0.39 is 17.7 Å². The van der Waals surface area contributed by atoms with Crippen LogP contribution in [0, 0.1) is 6.92 Å². The maximum Gasteiger partial charge on any atom is 0.337 e. The number of aryl methyl sites for hydroxylation is 1. The Kier molecular flexibility index (Phi) is 5.80. The van der Waals surface area contributed by atoms with Gasteiger partial charge in [0.1, 0.15) is 0 Å². The third-order valence-corrected chi connectivity index (χ3v) is 5.54. The molecule has 4 aromatic rings. The summed E-state index contributed by atoms with van der Waals surface area (Å²) in [5, 5.41) is 19.7. The number of ether oxygens (including phenoxy) is 1. The molecule has 3 aromatic carbocycles. The Bertz CT molecular complexity index is 1270. The zero-order valence-electron chi connectivity index (χ0n) is 18.4. The van der Waals surface area contributed by atoms with Crippen LogP contribution in [0.1, 0.15) is 38.0 Å². The van der Waals surface area contributed by atoms with Crippen LogP contribution >= 0.6 is 11.6 Å². The van der Waals surface area contributed by atoms with Crippen molar-refractivity contribution < 1.29 is 14.6 Å². The Balaban J connectivity index is 2.03. The van der Waals surface area contributed by atoms with E-state index in [1.807, 2.05) is 76.2 Å². The standard InChI is InChI=1S/C26H25ClN2O3/c1-15-13-18-14-17(21-11-12-28-29-21)7-10-20(18)23(16-5-8-19(27)9-6-16)22(15)24(25(30)31)32-26(2,3)4/h5-14,24H,1-4H3,(H,28,29)(H,30,31). The molecule has 6 heteroatoms. The number of hydrogen-bond donors (Lipinski definition) is 2. The van der Waals surface area contributed by atoms with E-state index in [1.165, 1.54) is 0 Å². The second-order valence-electron chi connectivity index (χ2n) is 8.84. The van der Waals surface area contributed by atoms with Crippen molar-refractivity contribution in [3.05, 3.63) is 76.9 Å². The average Bonchev–Trinajstić information content (AvgIpc) is 3.26. The van der Waals surface area contributed by atoms with Gasteiger partial charge in [0.25, 0.3) is 0 Å². The zero-order valence-corrected chi connectivity index (χ0v) is 19.2. The van der Waals surface area contributed by atoms with Crippen LogP contribution in [0.4, 0.5) is 0 Å². The van der Waals surface area contributed by atoms with Crippen LogP contribution in [0.15, 0.2) is 60.8 Å². The molecule has 1 atom stereocenters. The summed E-state index contributed by atoms with van der Waals surface area (Å²) in [5.41, 5.74) is 4.51. The first-order valence-electron chi connectivity index (χ1n) is 10.4. The highest BCUT2D eigenvalue weighted by Gasteiger charge is 2.31. The van der Waals surface area contributed by atoms with Crippen molar-refractivity contribution in [1.82, 2.24) is 10.2 Å². The van der Waals surface area contributed by atoms with Gasteiger partial charge in [0.2, 0.25) is 0 Å². The molecule has 4 rings (SSSR count). The highest BCUT2D eigenvalue weighted by molar-refractivity contribution is 6.30. The normalized spacial score (nSPS) is 12.8. The minimum absolute atomic E-state index is 0.620. The molecule has 5 nitrogen and oxygen atoms in total. The highest BCUT2D eigenvalue weighted by Crippen LogP contribution is 2.41. The Labute approximate surface area is 192 Å². The first kappa shape index (κ1) is 22.1. The SMILES string of the molecule is Cc1cc2cc(-c3ccn[nH]3)ccc2c(-c2ccc(Cl)cc2)c1C(OC(C)(C)C)C(=O)O. The van der Waals surface area contributed by atoms with Crippen molar-refractivity contribution in [3.8, 4) is 22.4 Å². The second kappa shape index (κ2) is 8.41. The number of benzene rings is 3. The molecule has 1 aromatic heterocycles. The summed E-state index contributed by atoms with van der Waals surface area (Å²) in [4.78, 5) is 12.4. The molecule has 0 aliphatic heterocycles. The predicted molar refractivity (Wildman–Crippen MR) is 128 cm³/mol. The van der Waals surface area contributed by atoms with Crippen LogP contribution in [0.2, 0.25) is 5.02 Å². The van der Waals surface area contributed by atoms with Crippen LogP contribution in [0.5, 0.6) is 0 Å². The fraction of sp³-hybridized carbons (Fsp3) is 0.231. The number of aromatic nitrogens is 2. The molecule has 2 N–H and O–H groups in total. The molecule has 164 valence electrons. The van der Waals surface area contributed by atoms with E-state index in [4.69, 9.17) is 16.3 Å². The summed E-state index contributed by atoms with van der Waals surface area (Å²) in [5.74, 6) is -1.02. The van der Waals surface area contributed by atoms with Crippen molar-refractivity contribution >= 4 is 28.3 Å². The fourth-order valence-corrected chi connectivity index (χ4v) is 4.13. The number of fused-ring (bicyclic) bond motifs is 1. The molecule has 0 aliphatic rings. The van der Waals surface area contributed by atoms with Crippen molar-refractivity contribution in [2.24, 2.45) is 0 Å². The molecule has 0 radical (unpaired) electrons. The van der Waals surface area contributed by atoms with Gasteiger partial charge in [-0.2, -0.15) is 5.10 Å². The summed E-state index contributed by atoms with van der Waals surface area (Å²) in [6, 6.07) is 17.5. The molecule has 0 bridgehead atoms. The largest absolute Gasteiger partial charge is 0.479 e. The summed E-state index contributed by atoms with van der Waals surface area (Å²) in [6.07, 6.45) is 0.603. The van der Waals surface area contributed by atoms with Crippen LogP contribution in [-0.4, -0.2) is 26.9 Å². The number of carboxylic acids is 1. The van der Waals surface area contributed by atoms with Gasteiger partial charge in [-0.05, 0) is 79.4 Å². The molecule has 1 unspecified atom stereocenters. The highest BCUT2D eigenvalue weighted by atomic mass is 35.5. The Morgan fingerprint density at radius 2 is 1.75 bits per heavy atom. The van der Waals surface area contributed by atoms with Gasteiger partial charge < -0.3 is 9.84 Å². The molecule has 0 spiro atoms. The molecule has 0 fully saturated rings. The number of nitrogens with one attached hydrogen (secondary N) is 1. The molecule has 0 saturated heterocycles. The smallest absolute Gasteiger partial charge is 0.337 e. The molecule has 0 aliphatic carbocycles. The van der Waals surface area contributed by atoms with Crippen molar-refractivity contribution in [2.75, 3.05) is 0 Å². The van der Waals surface area contributed by atoms with Crippen LogP contribution in [0.3, 0.4) is 0 Å². The van der Waals surface area contributed by atoms with Crippen LogP contribution in [-0.2, 0) is 9.53 Å². The number of H-pyrrole nitrogens is 1. The zero-order chi connectivity index (χ0) is 23.0. The van der Waals surface area contributed by atoms with Gasteiger partial charge in [0, 0.05) is 22.3 Å². The molecular formula is C26H25ClN2O3. The third-order valence-electron chi connectivity index (χ3n) is 5.29. The number of carboxylic acid groups (broad SMARTS) is 1. The lowest BCUT2D eigenvalue weighted by Gasteiger charge is -2.28. The quantitative estimate of drug-likeness (QED) is 0.352. The Hall–Kier alpha value is -3.15. The molecule has 1 heterocycles. The number of aliphatic carboxylic acids is 1. The first-order chi connectivity index (χ1) is 15.1. The number of carbonyl (C=O) groups is 1. The monoisotopic (exact) mass is 448 g/mol. The lowest BCUT2D eigenvalue weighted by Crippen LogP contribution is -2.28. The van der Waals surface area contributed by atoms with E-state index in [1.54, 1.807) is 6.20 Å². The van der Waals surface area contributed by atoms with Gasteiger partial charge >= 0.3 is 5.97 Å². The number of rotatable bonds is 5. The lowest BCUT2D eigenvalue weighted by molar-refractivity contribution is -0.160. The van der Waals surface area contributed by atoms with E-state index in [9.17, 15) is 9.90 Å². The number of aromatic amines is 1. The summed E-state index contributed by atoms with van der Waals surface area (Å²) >= 11 is 6.14. The topological polar surface area (TPSA) is 75.2 Å². The van der Waals surface area contributed by atoms with E-state index in [0.29, 0.717) is 10.6 Å². The van der Waals surface area contributed by atoms with Gasteiger partial charge in [0.05, 0.1) is 11.3 Å². The minimum atomic E-state index is -1.11. The minimum Gasteiger partial charge on any atom is -0.479 e. The first-order valence-corrected chi connectivity index (χ1v) is 10.8. The van der Waals surface area contributed by atoms with Crippen LogP contribution < -0.4 is 0 Å². The second-order valence-corrected chi connectivity index (χ2v) is 9.28. The summed E-state index contributed by atoms with van der Waals surface area (Å²) in [6.45, 7) is 7.51. The maximum atomic E-state index is 12.4. The fourth-order valence-electron chi connectivity index (χ4n) is 4.00. The number of nitrogens with zero attached hydrogens (tertiary/aromatic N) is 1. The van der Waals surface area contributed by atoms with Crippen molar-refractivity contribution in [1.29, 1.82) is 0 Å². The van der Waals surface area contributed by atoms with E-state index in [0.717, 1.165) is 38.7 Å². The van der Waals surface area contributed by atoms with Gasteiger partial charge in [-0.25, -0.2) is 4.79 Å². The average molecular weight is 449 g/mol. The van der Waals surface area contributed by atoms with Crippen LogP contribution in [0.25, 0.3) is 33.2 Å². The molecule has 32 heavy (non-hydrogen) atoms. The van der Waals surface area contributed by atoms with Gasteiger partial charge in [-0.1, -0.05) is 41.9 Å². The van der Waals surface area contributed by atoms with Gasteiger partial charge in [-0.3, -0.25) is 5.10 Å². The predicted octanol–water partition coefficient (Wildman–Crippen LogP) is 6.80. The maximum absolute atomic E-state index is 12.4. The summed E-state index contributed by atoms with van der Waals surface area (Å²) in [7, 11) is 0. The van der Waals surface area contributed by atoms with E-state index in [2.05, 4.69) is 16.3 Å².